The lowest BCUT2D eigenvalue weighted by molar-refractivity contribution is -0.117. The van der Waals surface area contributed by atoms with Gasteiger partial charge in [-0.15, -0.1) is 0 Å². The molecule has 1 N–H and O–H groups in total. The van der Waals surface area contributed by atoms with Crippen LogP contribution in [0.3, 0.4) is 0 Å². The highest BCUT2D eigenvalue weighted by Gasteiger charge is 2.20. The van der Waals surface area contributed by atoms with Gasteiger partial charge in [0.25, 0.3) is 0 Å². The van der Waals surface area contributed by atoms with Crippen molar-refractivity contribution in [2.24, 2.45) is 7.05 Å². The number of aromatic nitrogens is 2. The van der Waals surface area contributed by atoms with E-state index in [0.29, 0.717) is 0 Å². The van der Waals surface area contributed by atoms with Gasteiger partial charge in [0, 0.05) is 24.4 Å². The van der Waals surface area contributed by atoms with Crippen molar-refractivity contribution in [1.29, 1.82) is 0 Å². The van der Waals surface area contributed by atoms with Gasteiger partial charge in [-0.1, -0.05) is 24.3 Å². The van der Waals surface area contributed by atoms with Gasteiger partial charge < -0.3 is 5.32 Å². The minimum absolute atomic E-state index is 0.0469. The summed E-state index contributed by atoms with van der Waals surface area (Å²) in [5.74, 6) is -0.0469. The number of hydrogen-bond donors (Lipinski definition) is 1. The van der Waals surface area contributed by atoms with Crippen LogP contribution in [0.2, 0.25) is 0 Å². The maximum atomic E-state index is 12.3. The Kier molecular flexibility index (Phi) is 4.33. The van der Waals surface area contributed by atoms with Gasteiger partial charge >= 0.3 is 0 Å². The monoisotopic (exact) mass is 309 g/mol. The van der Waals surface area contributed by atoms with Gasteiger partial charge in [-0.05, 0) is 50.3 Å². The Labute approximate surface area is 137 Å². The van der Waals surface area contributed by atoms with Crippen molar-refractivity contribution in [1.82, 2.24) is 15.1 Å². The summed E-state index contributed by atoms with van der Waals surface area (Å²) in [6, 6.07) is 8.51. The van der Waals surface area contributed by atoms with Crippen LogP contribution < -0.4 is 5.32 Å². The molecule has 0 radical (unpaired) electrons. The quantitative estimate of drug-likeness (QED) is 0.885. The van der Waals surface area contributed by atoms with Gasteiger partial charge in [0.15, 0.2) is 0 Å². The van der Waals surface area contributed by atoms with E-state index in [1.165, 1.54) is 11.1 Å². The maximum Gasteiger partial charge on any atom is 0.244 e. The van der Waals surface area contributed by atoms with Crippen LogP contribution in [0.5, 0.6) is 0 Å². The first kappa shape index (κ1) is 15.5. The minimum atomic E-state index is -0.0469. The Hall–Kier alpha value is -2.36. The fraction of sp³-hybridized carbons (Fsp3) is 0.368. The molecule has 2 aromatic rings. The molecule has 1 atom stereocenters. The molecule has 120 valence electrons. The van der Waals surface area contributed by atoms with Gasteiger partial charge in [-0.3, -0.25) is 9.48 Å². The van der Waals surface area contributed by atoms with Crippen molar-refractivity contribution in [3.8, 4) is 0 Å². The summed E-state index contributed by atoms with van der Waals surface area (Å²) in [7, 11) is 1.92. The molecule has 23 heavy (non-hydrogen) atoms. The predicted molar refractivity (Wildman–Crippen MR) is 92.0 cm³/mol. The fourth-order valence-electron chi connectivity index (χ4n) is 3.31. The van der Waals surface area contributed by atoms with Gasteiger partial charge in [-0.25, -0.2) is 0 Å². The molecule has 0 bridgehead atoms. The average Bonchev–Trinajstić information content (AvgIpc) is 2.78. The number of carbonyl (C=O) groups is 1. The molecule has 1 aromatic heterocycles. The lowest BCUT2D eigenvalue weighted by Gasteiger charge is -2.25. The second kappa shape index (κ2) is 6.41. The molecule has 0 aliphatic heterocycles. The highest BCUT2D eigenvalue weighted by atomic mass is 16.1. The first-order chi connectivity index (χ1) is 11.1. The predicted octanol–water partition coefficient (Wildman–Crippen LogP) is 3.24. The summed E-state index contributed by atoms with van der Waals surface area (Å²) in [4.78, 5) is 12.3. The van der Waals surface area contributed by atoms with Crippen LogP contribution in [0.15, 0.2) is 30.3 Å². The van der Waals surface area contributed by atoms with E-state index in [4.69, 9.17) is 0 Å². The molecule has 1 heterocycles. The van der Waals surface area contributed by atoms with Gasteiger partial charge in [0.2, 0.25) is 5.91 Å². The molecule has 1 aliphatic carbocycles. The van der Waals surface area contributed by atoms with Crippen LogP contribution in [0, 0.1) is 13.8 Å². The minimum Gasteiger partial charge on any atom is -0.346 e. The number of rotatable bonds is 3. The van der Waals surface area contributed by atoms with Crippen molar-refractivity contribution < 1.29 is 4.79 Å². The highest BCUT2D eigenvalue weighted by Crippen LogP contribution is 2.29. The normalized spacial score (nSPS) is 17.3. The Bertz CT molecular complexity index is 758. The summed E-state index contributed by atoms with van der Waals surface area (Å²) < 4.78 is 1.84. The van der Waals surface area contributed by atoms with E-state index in [1.54, 1.807) is 6.08 Å². The average molecular weight is 309 g/mol. The molecular formula is C19H23N3O. The molecule has 1 unspecified atom stereocenters. The first-order valence-corrected chi connectivity index (χ1v) is 8.13. The molecule has 1 aromatic carbocycles. The maximum absolute atomic E-state index is 12.3. The largest absolute Gasteiger partial charge is 0.346 e. The molecule has 0 saturated carbocycles. The molecule has 1 amide bonds. The number of nitrogens with zero attached hydrogens (tertiary/aromatic N) is 2. The molecule has 1 aliphatic rings. The van der Waals surface area contributed by atoms with Crippen molar-refractivity contribution in [3.05, 3.63) is 58.4 Å². The number of amides is 1. The Morgan fingerprint density at radius 1 is 1.35 bits per heavy atom. The SMILES string of the molecule is Cc1nn(C)c(C)c1/C=C/C(=O)NC1CCCc2ccccc21. The van der Waals surface area contributed by atoms with Crippen LogP contribution >= 0.6 is 0 Å². The summed E-state index contributed by atoms with van der Waals surface area (Å²) in [5, 5.41) is 7.51. The van der Waals surface area contributed by atoms with Crippen LogP contribution in [-0.2, 0) is 18.3 Å². The lowest BCUT2D eigenvalue weighted by Crippen LogP contribution is -2.29. The second-order valence-corrected chi connectivity index (χ2v) is 6.19. The zero-order valence-electron chi connectivity index (χ0n) is 14.0. The van der Waals surface area contributed by atoms with Crippen molar-refractivity contribution in [2.75, 3.05) is 0 Å². The van der Waals surface area contributed by atoms with Gasteiger partial charge in [0.05, 0.1) is 11.7 Å². The smallest absolute Gasteiger partial charge is 0.244 e. The lowest BCUT2D eigenvalue weighted by atomic mass is 9.88. The van der Waals surface area contributed by atoms with E-state index in [1.807, 2.05) is 37.7 Å². The highest BCUT2D eigenvalue weighted by molar-refractivity contribution is 5.92. The molecule has 4 nitrogen and oxygen atoms in total. The van der Waals surface area contributed by atoms with Crippen LogP contribution in [0.25, 0.3) is 6.08 Å². The number of nitrogens with one attached hydrogen (secondary N) is 1. The molecule has 3 rings (SSSR count). The third-order valence-corrected chi connectivity index (χ3v) is 4.65. The summed E-state index contributed by atoms with van der Waals surface area (Å²) >= 11 is 0. The van der Waals surface area contributed by atoms with Gasteiger partial charge in [0.1, 0.15) is 0 Å². The molecule has 0 fully saturated rings. The molecule has 0 saturated heterocycles. The van der Waals surface area contributed by atoms with Crippen LogP contribution in [-0.4, -0.2) is 15.7 Å². The van der Waals surface area contributed by atoms with Crippen LogP contribution in [0.4, 0.5) is 0 Å². The topological polar surface area (TPSA) is 46.9 Å². The standard InChI is InChI=1S/C19H23N3O/c1-13-16(14(2)22(3)21-13)11-12-19(23)20-18-10-6-8-15-7-4-5-9-17(15)18/h4-5,7,9,11-12,18H,6,8,10H2,1-3H3,(H,20,23)/b12-11+. The third kappa shape index (κ3) is 3.21. The van der Waals surface area contributed by atoms with Crippen molar-refractivity contribution in [3.63, 3.8) is 0 Å². The van der Waals surface area contributed by atoms with E-state index < -0.39 is 0 Å². The van der Waals surface area contributed by atoms with E-state index in [9.17, 15) is 4.79 Å². The Morgan fingerprint density at radius 3 is 2.87 bits per heavy atom. The number of hydrogen-bond acceptors (Lipinski definition) is 2. The number of benzene rings is 1. The van der Waals surface area contributed by atoms with E-state index in [0.717, 1.165) is 36.2 Å². The van der Waals surface area contributed by atoms with Gasteiger partial charge in [-0.2, -0.15) is 5.10 Å². The first-order valence-electron chi connectivity index (χ1n) is 8.13. The zero-order valence-corrected chi connectivity index (χ0v) is 14.0. The number of carbonyl (C=O) groups excluding carboxylic acids is 1. The summed E-state index contributed by atoms with van der Waals surface area (Å²) in [6.45, 7) is 3.97. The fourth-order valence-corrected chi connectivity index (χ4v) is 3.31. The summed E-state index contributed by atoms with van der Waals surface area (Å²) in [6.07, 6.45) is 6.70. The molecule has 4 heteroatoms. The van der Waals surface area contributed by atoms with Crippen molar-refractivity contribution >= 4 is 12.0 Å². The Balaban J connectivity index is 1.72. The third-order valence-electron chi connectivity index (χ3n) is 4.65. The van der Waals surface area contributed by atoms with E-state index in [-0.39, 0.29) is 11.9 Å². The Morgan fingerprint density at radius 2 is 2.13 bits per heavy atom. The second-order valence-electron chi connectivity index (χ2n) is 6.19. The summed E-state index contributed by atoms with van der Waals surface area (Å²) in [5.41, 5.74) is 5.64. The van der Waals surface area contributed by atoms with Crippen LogP contribution in [0.1, 0.15) is 47.0 Å². The molecular weight excluding hydrogens is 286 g/mol. The zero-order chi connectivity index (χ0) is 16.4. The van der Waals surface area contributed by atoms with Crippen molar-refractivity contribution in [2.45, 2.75) is 39.2 Å². The number of fused-ring (bicyclic) bond motifs is 1. The molecule has 0 spiro atoms. The van der Waals surface area contributed by atoms with E-state index in [2.05, 4.69) is 28.6 Å². The number of aryl methyl sites for hydroxylation is 3. The van der Waals surface area contributed by atoms with E-state index >= 15 is 0 Å².